The van der Waals surface area contributed by atoms with Gasteiger partial charge in [-0.15, -0.1) is 0 Å². The lowest BCUT2D eigenvalue weighted by atomic mass is 10.2. The quantitative estimate of drug-likeness (QED) is 0.888. The van der Waals surface area contributed by atoms with Crippen molar-refractivity contribution < 1.29 is 18.0 Å². The van der Waals surface area contributed by atoms with Gasteiger partial charge in [-0.2, -0.15) is 18.4 Å². The summed E-state index contributed by atoms with van der Waals surface area (Å²) in [6, 6.07) is 6.65. The van der Waals surface area contributed by atoms with Crippen LogP contribution < -0.4 is 10.6 Å². The molecular formula is C11H9BrF3N3O. The van der Waals surface area contributed by atoms with Gasteiger partial charge in [0.1, 0.15) is 12.6 Å². The van der Waals surface area contributed by atoms with Crippen molar-refractivity contribution in [3.05, 3.63) is 28.2 Å². The van der Waals surface area contributed by atoms with Crippen LogP contribution in [0.25, 0.3) is 0 Å². The summed E-state index contributed by atoms with van der Waals surface area (Å²) in [6.07, 6.45) is -4.44. The third-order valence-corrected chi connectivity index (χ3v) is 2.52. The summed E-state index contributed by atoms with van der Waals surface area (Å²) in [5, 5.41) is 13.2. The molecule has 0 aliphatic carbocycles. The number of amides is 1. The largest absolute Gasteiger partial charge is 0.405 e. The molecule has 0 unspecified atom stereocenters. The highest BCUT2D eigenvalue weighted by Gasteiger charge is 2.27. The average molecular weight is 336 g/mol. The fourth-order valence-electron chi connectivity index (χ4n) is 1.20. The molecule has 1 rings (SSSR count). The van der Waals surface area contributed by atoms with Crippen molar-refractivity contribution in [1.29, 1.82) is 5.26 Å². The van der Waals surface area contributed by atoms with E-state index in [2.05, 4.69) is 21.2 Å². The summed E-state index contributed by atoms with van der Waals surface area (Å²) in [5.74, 6) is -0.804. The fraction of sp³-hybridized carbons (Fsp3) is 0.273. The molecule has 0 fully saturated rings. The normalized spacial score (nSPS) is 10.7. The third kappa shape index (κ3) is 5.61. The SMILES string of the molecule is N#Cc1ccc(Br)cc1NCC(=O)NCC(F)(F)F. The molecule has 4 nitrogen and oxygen atoms in total. The Morgan fingerprint density at radius 1 is 1.42 bits per heavy atom. The molecule has 0 saturated carbocycles. The van der Waals surface area contributed by atoms with Gasteiger partial charge in [0.05, 0.1) is 17.8 Å². The highest BCUT2D eigenvalue weighted by Crippen LogP contribution is 2.20. The number of halogens is 4. The maximum Gasteiger partial charge on any atom is 0.405 e. The van der Waals surface area contributed by atoms with Gasteiger partial charge in [0.25, 0.3) is 0 Å². The smallest absolute Gasteiger partial charge is 0.375 e. The van der Waals surface area contributed by atoms with Gasteiger partial charge >= 0.3 is 6.18 Å². The van der Waals surface area contributed by atoms with Crippen LogP contribution in [0.1, 0.15) is 5.56 Å². The van der Waals surface area contributed by atoms with Crippen LogP contribution in [-0.2, 0) is 4.79 Å². The molecule has 0 heterocycles. The van der Waals surface area contributed by atoms with E-state index < -0.39 is 18.6 Å². The van der Waals surface area contributed by atoms with Gasteiger partial charge in [-0.3, -0.25) is 4.79 Å². The number of hydrogen-bond donors (Lipinski definition) is 2. The summed E-state index contributed by atoms with van der Waals surface area (Å²) in [5.41, 5.74) is 0.672. The first kappa shape index (κ1) is 15.3. The number of carbonyl (C=O) groups is 1. The number of hydrogen-bond acceptors (Lipinski definition) is 3. The van der Waals surface area contributed by atoms with Crippen molar-refractivity contribution in [1.82, 2.24) is 5.32 Å². The van der Waals surface area contributed by atoms with Crippen LogP contribution in [0.15, 0.2) is 22.7 Å². The molecule has 19 heavy (non-hydrogen) atoms. The van der Waals surface area contributed by atoms with Gasteiger partial charge in [0, 0.05) is 4.47 Å². The zero-order valence-corrected chi connectivity index (χ0v) is 11.1. The molecule has 102 valence electrons. The molecule has 0 aliphatic rings. The topological polar surface area (TPSA) is 64.9 Å². The molecule has 0 bridgehead atoms. The van der Waals surface area contributed by atoms with Crippen molar-refractivity contribution in [2.24, 2.45) is 0 Å². The summed E-state index contributed by atoms with van der Waals surface area (Å²) in [7, 11) is 0. The second-order valence-electron chi connectivity index (χ2n) is 3.55. The predicted octanol–water partition coefficient (Wildman–Crippen LogP) is 2.41. The number of nitrogens with one attached hydrogen (secondary N) is 2. The van der Waals surface area contributed by atoms with Gasteiger partial charge in [0.15, 0.2) is 0 Å². The zero-order valence-electron chi connectivity index (χ0n) is 9.51. The third-order valence-electron chi connectivity index (χ3n) is 2.03. The summed E-state index contributed by atoms with van der Waals surface area (Å²) in [6.45, 7) is -1.72. The van der Waals surface area contributed by atoms with E-state index in [-0.39, 0.29) is 6.54 Å². The first-order valence-electron chi connectivity index (χ1n) is 5.09. The number of alkyl halides is 3. The van der Waals surface area contributed by atoms with Crippen molar-refractivity contribution in [3.8, 4) is 6.07 Å². The van der Waals surface area contributed by atoms with E-state index >= 15 is 0 Å². The Labute approximate surface area is 115 Å². The van der Waals surface area contributed by atoms with Gasteiger partial charge in [0.2, 0.25) is 5.91 Å². The van der Waals surface area contributed by atoms with E-state index in [9.17, 15) is 18.0 Å². The second kappa shape index (κ2) is 6.43. The van der Waals surface area contributed by atoms with Crippen molar-refractivity contribution in [3.63, 3.8) is 0 Å². The molecule has 0 saturated heterocycles. The van der Waals surface area contributed by atoms with Crippen LogP contribution in [0, 0.1) is 11.3 Å². The standard InChI is InChI=1S/C11H9BrF3N3O/c12-8-2-1-7(4-16)9(3-8)17-5-10(19)18-6-11(13,14)15/h1-3,17H,5-6H2,(H,18,19). The monoisotopic (exact) mass is 335 g/mol. The van der Waals surface area contributed by atoms with Gasteiger partial charge in [-0.05, 0) is 18.2 Å². The molecule has 1 amide bonds. The zero-order chi connectivity index (χ0) is 14.5. The second-order valence-corrected chi connectivity index (χ2v) is 4.46. The van der Waals surface area contributed by atoms with Gasteiger partial charge in [-0.25, -0.2) is 0 Å². The Kier molecular flexibility index (Phi) is 5.18. The van der Waals surface area contributed by atoms with Crippen molar-refractivity contribution in [2.75, 3.05) is 18.4 Å². The lowest BCUT2D eigenvalue weighted by Crippen LogP contribution is -2.37. The van der Waals surface area contributed by atoms with E-state index in [0.29, 0.717) is 15.7 Å². The molecule has 0 aromatic heterocycles. The first-order valence-corrected chi connectivity index (χ1v) is 5.88. The Hall–Kier alpha value is -1.75. The number of nitriles is 1. The first-order chi connectivity index (χ1) is 8.81. The molecule has 8 heteroatoms. The van der Waals surface area contributed by atoms with Crippen LogP contribution in [0.5, 0.6) is 0 Å². The average Bonchev–Trinajstić information content (AvgIpc) is 2.33. The lowest BCUT2D eigenvalue weighted by Gasteiger charge is -2.10. The van der Waals surface area contributed by atoms with Gasteiger partial charge in [-0.1, -0.05) is 15.9 Å². The molecule has 0 spiro atoms. The number of carbonyl (C=O) groups excluding carboxylic acids is 1. The van der Waals surface area contributed by atoms with E-state index in [1.165, 1.54) is 6.07 Å². The van der Waals surface area contributed by atoms with Crippen molar-refractivity contribution >= 4 is 27.5 Å². The number of nitrogens with zero attached hydrogens (tertiary/aromatic N) is 1. The van der Waals surface area contributed by atoms with Gasteiger partial charge < -0.3 is 10.6 Å². The predicted molar refractivity (Wildman–Crippen MR) is 66.4 cm³/mol. The molecular weight excluding hydrogens is 327 g/mol. The highest BCUT2D eigenvalue weighted by molar-refractivity contribution is 9.10. The molecule has 0 aliphatic heterocycles. The minimum atomic E-state index is -4.44. The number of anilines is 1. The summed E-state index contributed by atoms with van der Waals surface area (Å²) in [4.78, 5) is 11.2. The highest BCUT2D eigenvalue weighted by atomic mass is 79.9. The van der Waals surface area contributed by atoms with Crippen LogP contribution in [0.2, 0.25) is 0 Å². The van der Waals surface area contributed by atoms with E-state index in [4.69, 9.17) is 5.26 Å². The Morgan fingerprint density at radius 3 is 2.68 bits per heavy atom. The Balaban J connectivity index is 2.55. The fourth-order valence-corrected chi connectivity index (χ4v) is 1.56. The molecule has 0 atom stereocenters. The molecule has 0 radical (unpaired) electrons. The van der Waals surface area contributed by atoms with E-state index in [0.717, 1.165) is 0 Å². The van der Waals surface area contributed by atoms with Crippen LogP contribution in [0.4, 0.5) is 18.9 Å². The minimum Gasteiger partial charge on any atom is -0.375 e. The molecule has 1 aromatic carbocycles. The molecule has 2 N–H and O–H groups in total. The minimum absolute atomic E-state index is 0.298. The van der Waals surface area contributed by atoms with E-state index in [1.807, 2.05) is 6.07 Å². The van der Waals surface area contributed by atoms with Crippen LogP contribution in [0.3, 0.4) is 0 Å². The molecule has 1 aromatic rings. The van der Waals surface area contributed by atoms with Crippen LogP contribution in [-0.4, -0.2) is 25.2 Å². The summed E-state index contributed by atoms with van der Waals surface area (Å²) >= 11 is 3.19. The lowest BCUT2D eigenvalue weighted by molar-refractivity contribution is -0.137. The Morgan fingerprint density at radius 2 is 2.11 bits per heavy atom. The van der Waals surface area contributed by atoms with E-state index in [1.54, 1.807) is 17.4 Å². The number of rotatable bonds is 4. The van der Waals surface area contributed by atoms with Crippen LogP contribution >= 0.6 is 15.9 Å². The maximum absolute atomic E-state index is 11.9. The van der Waals surface area contributed by atoms with Crippen molar-refractivity contribution in [2.45, 2.75) is 6.18 Å². The summed E-state index contributed by atoms with van der Waals surface area (Å²) < 4.78 is 36.3. The maximum atomic E-state index is 11.9. The Bertz CT molecular complexity index is 511. The number of benzene rings is 1.